The summed E-state index contributed by atoms with van der Waals surface area (Å²) in [5.41, 5.74) is 1.43. The van der Waals surface area contributed by atoms with E-state index in [0.29, 0.717) is 12.1 Å². The third-order valence-corrected chi connectivity index (χ3v) is 4.23. The lowest BCUT2D eigenvalue weighted by molar-refractivity contribution is 0.194. The van der Waals surface area contributed by atoms with Crippen molar-refractivity contribution in [3.8, 4) is 0 Å². The highest BCUT2D eigenvalue weighted by atomic mass is 15.2. The van der Waals surface area contributed by atoms with E-state index < -0.39 is 0 Å². The van der Waals surface area contributed by atoms with E-state index in [9.17, 15) is 0 Å². The second kappa shape index (κ2) is 7.66. The van der Waals surface area contributed by atoms with Crippen LogP contribution in [-0.2, 0) is 0 Å². The van der Waals surface area contributed by atoms with Gasteiger partial charge in [-0.25, -0.2) is 0 Å². The molecule has 0 saturated carbocycles. The minimum atomic E-state index is 0.493. The quantitative estimate of drug-likeness (QED) is 0.870. The lowest BCUT2D eigenvalue weighted by Gasteiger charge is -2.30. The van der Waals surface area contributed by atoms with Gasteiger partial charge in [0.25, 0.3) is 0 Å². The predicted octanol–water partition coefficient (Wildman–Crippen LogP) is 3.60. The Bertz CT molecular complexity index is 350. The van der Waals surface area contributed by atoms with Crippen molar-refractivity contribution in [2.24, 2.45) is 0 Å². The molecular formula is C17H28N2. The molecule has 1 aliphatic rings. The van der Waals surface area contributed by atoms with Crippen molar-refractivity contribution in [3.05, 3.63) is 35.9 Å². The van der Waals surface area contributed by atoms with E-state index in [1.807, 2.05) is 0 Å². The number of hydrogen-bond donors (Lipinski definition) is 1. The number of nitrogens with zero attached hydrogens (tertiary/aromatic N) is 1. The molecule has 0 aromatic heterocycles. The first-order valence-electron chi connectivity index (χ1n) is 7.83. The highest BCUT2D eigenvalue weighted by Gasteiger charge is 2.22. The largest absolute Gasteiger partial charge is 0.309 e. The van der Waals surface area contributed by atoms with Crippen molar-refractivity contribution in [2.75, 3.05) is 19.6 Å². The van der Waals surface area contributed by atoms with E-state index in [-0.39, 0.29) is 0 Å². The normalized spacial score (nSPS) is 22.9. The van der Waals surface area contributed by atoms with Crippen LogP contribution in [0.3, 0.4) is 0 Å². The number of nitrogens with one attached hydrogen (secondary N) is 1. The van der Waals surface area contributed by atoms with E-state index >= 15 is 0 Å². The van der Waals surface area contributed by atoms with Gasteiger partial charge >= 0.3 is 0 Å². The molecule has 2 atom stereocenters. The van der Waals surface area contributed by atoms with Crippen LogP contribution in [0.4, 0.5) is 0 Å². The Morgan fingerprint density at radius 2 is 2.11 bits per heavy atom. The molecule has 0 spiro atoms. The van der Waals surface area contributed by atoms with Gasteiger partial charge in [-0.15, -0.1) is 0 Å². The van der Waals surface area contributed by atoms with Crippen LogP contribution >= 0.6 is 0 Å². The smallest absolute Gasteiger partial charge is 0.0449 e. The van der Waals surface area contributed by atoms with E-state index in [1.165, 1.54) is 37.8 Å². The molecule has 1 aromatic rings. The minimum absolute atomic E-state index is 0.493. The average Bonchev–Trinajstić information content (AvgIpc) is 2.71. The molecule has 0 amide bonds. The third-order valence-electron chi connectivity index (χ3n) is 4.23. The molecule has 1 heterocycles. The van der Waals surface area contributed by atoms with Crippen molar-refractivity contribution >= 4 is 0 Å². The van der Waals surface area contributed by atoms with Gasteiger partial charge in [-0.1, -0.05) is 50.1 Å². The van der Waals surface area contributed by atoms with Crippen LogP contribution in [0.15, 0.2) is 30.3 Å². The maximum atomic E-state index is 3.70. The van der Waals surface area contributed by atoms with Gasteiger partial charge in [-0.05, 0) is 38.4 Å². The second-order valence-corrected chi connectivity index (χ2v) is 5.76. The summed E-state index contributed by atoms with van der Waals surface area (Å²) in [6, 6.07) is 12.1. The molecule has 0 radical (unpaired) electrons. The SMILES string of the molecule is CCCCC(C)N1CCCNC(c2ccccc2)C1. The van der Waals surface area contributed by atoms with E-state index in [0.717, 1.165) is 13.1 Å². The zero-order valence-electron chi connectivity index (χ0n) is 12.4. The van der Waals surface area contributed by atoms with Gasteiger partial charge in [0.15, 0.2) is 0 Å². The van der Waals surface area contributed by atoms with Crippen molar-refractivity contribution < 1.29 is 0 Å². The van der Waals surface area contributed by atoms with Crippen LogP contribution in [0.2, 0.25) is 0 Å². The summed E-state index contributed by atoms with van der Waals surface area (Å²) in [5.74, 6) is 0. The fourth-order valence-corrected chi connectivity index (χ4v) is 2.94. The zero-order valence-corrected chi connectivity index (χ0v) is 12.4. The van der Waals surface area contributed by atoms with Crippen LogP contribution in [0.1, 0.15) is 51.1 Å². The van der Waals surface area contributed by atoms with Gasteiger partial charge in [0, 0.05) is 18.6 Å². The Morgan fingerprint density at radius 3 is 2.84 bits per heavy atom. The summed E-state index contributed by atoms with van der Waals surface area (Å²) >= 11 is 0. The Labute approximate surface area is 118 Å². The van der Waals surface area contributed by atoms with Gasteiger partial charge in [0.1, 0.15) is 0 Å². The Morgan fingerprint density at radius 1 is 1.32 bits per heavy atom. The Kier molecular flexibility index (Phi) is 5.87. The lowest BCUT2D eigenvalue weighted by Crippen LogP contribution is -2.37. The zero-order chi connectivity index (χ0) is 13.5. The topological polar surface area (TPSA) is 15.3 Å². The minimum Gasteiger partial charge on any atom is -0.309 e. The maximum absolute atomic E-state index is 3.70. The Balaban J connectivity index is 1.98. The molecule has 2 rings (SSSR count). The summed E-state index contributed by atoms with van der Waals surface area (Å²) < 4.78 is 0. The highest BCUT2D eigenvalue weighted by molar-refractivity contribution is 5.19. The van der Waals surface area contributed by atoms with Crippen molar-refractivity contribution in [1.82, 2.24) is 10.2 Å². The van der Waals surface area contributed by atoms with Gasteiger partial charge in [-0.2, -0.15) is 0 Å². The van der Waals surface area contributed by atoms with Gasteiger partial charge in [-0.3, -0.25) is 4.90 Å². The highest BCUT2D eigenvalue weighted by Crippen LogP contribution is 2.20. The summed E-state index contributed by atoms with van der Waals surface area (Å²) in [5, 5.41) is 3.70. The molecule has 106 valence electrons. The molecule has 2 heteroatoms. The van der Waals surface area contributed by atoms with E-state index in [4.69, 9.17) is 0 Å². The number of rotatable bonds is 5. The van der Waals surface area contributed by atoms with Gasteiger partial charge in [0.2, 0.25) is 0 Å². The molecule has 19 heavy (non-hydrogen) atoms. The molecule has 0 bridgehead atoms. The van der Waals surface area contributed by atoms with Crippen LogP contribution in [0.5, 0.6) is 0 Å². The van der Waals surface area contributed by atoms with Crippen molar-refractivity contribution in [2.45, 2.75) is 51.6 Å². The first-order chi connectivity index (χ1) is 9.31. The third kappa shape index (κ3) is 4.32. The number of benzene rings is 1. The molecule has 2 nitrogen and oxygen atoms in total. The van der Waals surface area contributed by atoms with Gasteiger partial charge in [0.05, 0.1) is 0 Å². The molecule has 1 aromatic carbocycles. The first-order valence-corrected chi connectivity index (χ1v) is 7.83. The number of hydrogen-bond acceptors (Lipinski definition) is 2. The summed E-state index contributed by atoms with van der Waals surface area (Å²) in [4.78, 5) is 2.67. The van der Waals surface area contributed by atoms with Crippen molar-refractivity contribution in [1.29, 1.82) is 0 Å². The fourth-order valence-electron chi connectivity index (χ4n) is 2.94. The van der Waals surface area contributed by atoms with Crippen LogP contribution < -0.4 is 5.32 Å². The molecule has 2 unspecified atom stereocenters. The van der Waals surface area contributed by atoms with Crippen LogP contribution in [0, 0.1) is 0 Å². The van der Waals surface area contributed by atoms with E-state index in [2.05, 4.69) is 54.4 Å². The second-order valence-electron chi connectivity index (χ2n) is 5.76. The molecule has 1 saturated heterocycles. The fraction of sp³-hybridized carbons (Fsp3) is 0.647. The molecule has 0 aliphatic carbocycles. The standard InChI is InChI=1S/C17H28N2/c1-3-4-9-15(2)19-13-8-12-18-17(14-19)16-10-6-5-7-11-16/h5-7,10-11,15,17-18H,3-4,8-9,12-14H2,1-2H3. The number of unbranched alkanes of at least 4 members (excludes halogenated alkanes) is 1. The van der Waals surface area contributed by atoms with Crippen LogP contribution in [-0.4, -0.2) is 30.6 Å². The molecule has 1 fully saturated rings. The molecule has 1 aliphatic heterocycles. The molecule has 1 N–H and O–H groups in total. The summed E-state index contributed by atoms with van der Waals surface area (Å²) in [6.07, 6.45) is 5.25. The van der Waals surface area contributed by atoms with Crippen molar-refractivity contribution in [3.63, 3.8) is 0 Å². The monoisotopic (exact) mass is 260 g/mol. The van der Waals surface area contributed by atoms with E-state index in [1.54, 1.807) is 0 Å². The Hall–Kier alpha value is -0.860. The molecular weight excluding hydrogens is 232 g/mol. The van der Waals surface area contributed by atoms with Gasteiger partial charge < -0.3 is 5.32 Å². The first kappa shape index (κ1) is 14.5. The predicted molar refractivity (Wildman–Crippen MR) is 82.4 cm³/mol. The summed E-state index contributed by atoms with van der Waals surface area (Å²) in [6.45, 7) is 8.19. The summed E-state index contributed by atoms with van der Waals surface area (Å²) in [7, 11) is 0. The average molecular weight is 260 g/mol. The van der Waals surface area contributed by atoms with Crippen LogP contribution in [0.25, 0.3) is 0 Å². The maximum Gasteiger partial charge on any atom is 0.0449 e. The lowest BCUT2D eigenvalue weighted by atomic mass is 10.0.